The zero-order valence-corrected chi connectivity index (χ0v) is 13.7. The van der Waals surface area contributed by atoms with Gasteiger partial charge in [0.25, 0.3) is 0 Å². The average Bonchev–Trinajstić information content (AvgIpc) is 2.83. The van der Waals surface area contributed by atoms with Gasteiger partial charge in [-0.15, -0.1) is 0 Å². The van der Waals surface area contributed by atoms with Gasteiger partial charge in [-0.05, 0) is 37.9 Å². The lowest BCUT2D eigenvalue weighted by Gasteiger charge is -2.19. The van der Waals surface area contributed by atoms with Crippen molar-refractivity contribution < 1.29 is 0 Å². The third-order valence-corrected chi connectivity index (χ3v) is 3.89. The maximum absolute atomic E-state index is 4.56. The van der Waals surface area contributed by atoms with Gasteiger partial charge in [0.05, 0.1) is 5.69 Å². The van der Waals surface area contributed by atoms with Crippen LogP contribution in [-0.4, -0.2) is 16.3 Å². The Kier molecular flexibility index (Phi) is 5.57. The standard InChI is InChI=1S/C18H27N3/c1-5-10-19-18(15-9-7-8-14(3)11-15)13-17-12-16(6-2)20-21(17)4/h7-9,11-12,18-19H,5-6,10,13H2,1-4H3. The molecule has 3 heteroatoms. The molecule has 1 heterocycles. The molecular formula is C18H27N3. The van der Waals surface area contributed by atoms with Crippen molar-refractivity contribution in [1.29, 1.82) is 0 Å². The highest BCUT2D eigenvalue weighted by atomic mass is 15.3. The normalized spacial score (nSPS) is 12.6. The smallest absolute Gasteiger partial charge is 0.0624 e. The molecule has 0 radical (unpaired) electrons. The Morgan fingerprint density at radius 2 is 2.05 bits per heavy atom. The minimum absolute atomic E-state index is 0.352. The van der Waals surface area contributed by atoms with Crippen molar-refractivity contribution >= 4 is 0 Å². The molecule has 3 nitrogen and oxygen atoms in total. The number of nitrogens with zero attached hydrogens (tertiary/aromatic N) is 2. The average molecular weight is 285 g/mol. The number of hydrogen-bond acceptors (Lipinski definition) is 2. The monoisotopic (exact) mass is 285 g/mol. The topological polar surface area (TPSA) is 29.9 Å². The van der Waals surface area contributed by atoms with Crippen molar-refractivity contribution in [3.8, 4) is 0 Å². The van der Waals surface area contributed by atoms with Crippen LogP contribution < -0.4 is 5.32 Å². The quantitative estimate of drug-likeness (QED) is 0.843. The zero-order valence-electron chi connectivity index (χ0n) is 13.7. The SMILES string of the molecule is CCCNC(Cc1cc(CC)nn1C)c1cccc(C)c1. The molecule has 2 rings (SSSR count). The molecule has 0 aliphatic rings. The van der Waals surface area contributed by atoms with Crippen molar-refractivity contribution in [2.45, 2.75) is 46.1 Å². The summed E-state index contributed by atoms with van der Waals surface area (Å²) >= 11 is 0. The first-order valence-electron chi connectivity index (χ1n) is 7.95. The molecule has 0 saturated carbocycles. The molecule has 1 aromatic carbocycles. The fourth-order valence-corrected chi connectivity index (χ4v) is 2.66. The number of benzene rings is 1. The number of aryl methyl sites for hydroxylation is 3. The summed E-state index contributed by atoms with van der Waals surface area (Å²) in [7, 11) is 2.04. The highest BCUT2D eigenvalue weighted by molar-refractivity contribution is 5.26. The van der Waals surface area contributed by atoms with Crippen LogP contribution in [0.4, 0.5) is 0 Å². The molecule has 0 fully saturated rings. The van der Waals surface area contributed by atoms with Crippen LogP contribution in [-0.2, 0) is 19.9 Å². The van der Waals surface area contributed by atoms with E-state index in [1.807, 2.05) is 11.7 Å². The van der Waals surface area contributed by atoms with E-state index in [1.165, 1.54) is 22.5 Å². The van der Waals surface area contributed by atoms with E-state index in [2.05, 4.69) is 61.5 Å². The summed E-state index contributed by atoms with van der Waals surface area (Å²) < 4.78 is 2.02. The predicted molar refractivity (Wildman–Crippen MR) is 88.5 cm³/mol. The van der Waals surface area contributed by atoms with Gasteiger partial charge in [0, 0.05) is 25.2 Å². The Bertz CT molecular complexity index is 572. The lowest BCUT2D eigenvalue weighted by atomic mass is 9.99. The first kappa shape index (κ1) is 15.8. The molecule has 21 heavy (non-hydrogen) atoms. The van der Waals surface area contributed by atoms with Gasteiger partial charge in [0.2, 0.25) is 0 Å². The van der Waals surface area contributed by atoms with Crippen molar-refractivity contribution in [1.82, 2.24) is 15.1 Å². The van der Waals surface area contributed by atoms with Gasteiger partial charge in [-0.25, -0.2) is 0 Å². The zero-order chi connectivity index (χ0) is 15.2. The molecular weight excluding hydrogens is 258 g/mol. The first-order chi connectivity index (χ1) is 10.1. The van der Waals surface area contributed by atoms with Gasteiger partial charge in [-0.3, -0.25) is 4.68 Å². The molecule has 1 N–H and O–H groups in total. The van der Waals surface area contributed by atoms with Crippen LogP contribution in [0.1, 0.15) is 48.8 Å². The van der Waals surface area contributed by atoms with E-state index in [1.54, 1.807) is 0 Å². The lowest BCUT2D eigenvalue weighted by Crippen LogP contribution is -2.25. The fourth-order valence-electron chi connectivity index (χ4n) is 2.66. The van der Waals surface area contributed by atoms with Crippen molar-refractivity contribution in [3.63, 3.8) is 0 Å². The Morgan fingerprint density at radius 1 is 1.24 bits per heavy atom. The number of nitrogens with one attached hydrogen (secondary N) is 1. The third-order valence-electron chi connectivity index (χ3n) is 3.89. The van der Waals surface area contributed by atoms with Crippen molar-refractivity contribution in [2.75, 3.05) is 6.54 Å². The number of rotatable bonds is 7. The van der Waals surface area contributed by atoms with Crippen LogP contribution in [0, 0.1) is 6.92 Å². The summed E-state index contributed by atoms with van der Waals surface area (Å²) in [5, 5.41) is 8.24. The van der Waals surface area contributed by atoms with E-state index in [4.69, 9.17) is 0 Å². The summed E-state index contributed by atoms with van der Waals surface area (Å²) in [6.45, 7) is 7.55. The predicted octanol–water partition coefficient (Wildman–Crippen LogP) is 3.57. The second-order valence-electron chi connectivity index (χ2n) is 5.73. The van der Waals surface area contributed by atoms with E-state index >= 15 is 0 Å². The molecule has 1 aromatic heterocycles. The second-order valence-corrected chi connectivity index (χ2v) is 5.73. The van der Waals surface area contributed by atoms with Gasteiger partial charge >= 0.3 is 0 Å². The van der Waals surface area contributed by atoms with Crippen LogP contribution in [0.15, 0.2) is 30.3 Å². The van der Waals surface area contributed by atoms with Gasteiger partial charge in [-0.1, -0.05) is 43.7 Å². The molecule has 0 bridgehead atoms. The molecule has 0 aliphatic carbocycles. The van der Waals surface area contributed by atoms with Crippen LogP contribution >= 0.6 is 0 Å². The Labute approximate surface area is 128 Å². The van der Waals surface area contributed by atoms with Gasteiger partial charge in [0.15, 0.2) is 0 Å². The minimum atomic E-state index is 0.352. The van der Waals surface area contributed by atoms with E-state index in [0.717, 1.165) is 25.8 Å². The molecule has 2 aromatic rings. The first-order valence-corrected chi connectivity index (χ1v) is 7.95. The van der Waals surface area contributed by atoms with Gasteiger partial charge < -0.3 is 5.32 Å². The summed E-state index contributed by atoms with van der Waals surface area (Å²) in [5.74, 6) is 0. The Balaban J connectivity index is 2.21. The van der Waals surface area contributed by atoms with Gasteiger partial charge in [-0.2, -0.15) is 5.10 Å². The molecule has 114 valence electrons. The lowest BCUT2D eigenvalue weighted by molar-refractivity contribution is 0.512. The van der Waals surface area contributed by atoms with E-state index in [-0.39, 0.29) is 0 Å². The van der Waals surface area contributed by atoms with Crippen molar-refractivity contribution in [2.24, 2.45) is 7.05 Å². The molecule has 1 unspecified atom stereocenters. The number of aromatic nitrogens is 2. The molecule has 0 spiro atoms. The van der Waals surface area contributed by atoms with Crippen LogP contribution in [0.3, 0.4) is 0 Å². The third kappa shape index (κ3) is 4.18. The Morgan fingerprint density at radius 3 is 2.67 bits per heavy atom. The van der Waals surface area contributed by atoms with Gasteiger partial charge in [0.1, 0.15) is 0 Å². The molecule has 0 saturated heterocycles. The summed E-state index contributed by atoms with van der Waals surface area (Å²) in [4.78, 5) is 0. The fraction of sp³-hybridized carbons (Fsp3) is 0.500. The minimum Gasteiger partial charge on any atom is -0.310 e. The maximum atomic E-state index is 4.56. The maximum Gasteiger partial charge on any atom is 0.0624 e. The largest absolute Gasteiger partial charge is 0.310 e. The van der Waals surface area contributed by atoms with Crippen LogP contribution in [0.25, 0.3) is 0 Å². The van der Waals surface area contributed by atoms with Crippen LogP contribution in [0.2, 0.25) is 0 Å². The summed E-state index contributed by atoms with van der Waals surface area (Å²) in [6.07, 6.45) is 3.12. The molecule has 1 atom stereocenters. The highest BCUT2D eigenvalue weighted by Crippen LogP contribution is 2.20. The molecule has 0 amide bonds. The summed E-state index contributed by atoms with van der Waals surface area (Å²) in [6, 6.07) is 11.4. The van der Waals surface area contributed by atoms with Crippen LogP contribution in [0.5, 0.6) is 0 Å². The van der Waals surface area contributed by atoms with E-state index < -0.39 is 0 Å². The van der Waals surface area contributed by atoms with E-state index in [9.17, 15) is 0 Å². The van der Waals surface area contributed by atoms with Crippen molar-refractivity contribution in [3.05, 3.63) is 52.8 Å². The highest BCUT2D eigenvalue weighted by Gasteiger charge is 2.14. The Hall–Kier alpha value is -1.61. The second kappa shape index (κ2) is 7.41. The number of hydrogen-bond donors (Lipinski definition) is 1. The molecule has 0 aliphatic heterocycles. The summed E-state index contributed by atoms with van der Waals surface area (Å²) in [5.41, 5.74) is 5.14. The van der Waals surface area contributed by atoms with E-state index in [0.29, 0.717) is 6.04 Å².